The molecular formula is C14H16BrN3O2S. The van der Waals surface area contributed by atoms with Crippen LogP contribution >= 0.6 is 27.7 Å². The van der Waals surface area contributed by atoms with Gasteiger partial charge in [0.05, 0.1) is 17.1 Å². The summed E-state index contributed by atoms with van der Waals surface area (Å²) < 4.78 is 6.71. The van der Waals surface area contributed by atoms with Crippen molar-refractivity contribution < 1.29 is 9.53 Å². The molecule has 112 valence electrons. The smallest absolute Gasteiger partial charge is 0.257 e. The SMILES string of the molecule is CC1=C(C(N)=O)SC(N2CCOc3cc(Br)ccc32)N1C. The molecule has 0 bridgehead atoms. The highest BCUT2D eigenvalue weighted by Crippen LogP contribution is 2.43. The van der Waals surface area contributed by atoms with Crippen LogP contribution in [0, 0.1) is 0 Å². The Morgan fingerprint density at radius 3 is 2.95 bits per heavy atom. The number of halogens is 1. The van der Waals surface area contributed by atoms with Crippen LogP contribution in [0.15, 0.2) is 33.3 Å². The number of nitrogens with zero attached hydrogens (tertiary/aromatic N) is 2. The van der Waals surface area contributed by atoms with Crippen molar-refractivity contribution in [3.63, 3.8) is 0 Å². The summed E-state index contributed by atoms with van der Waals surface area (Å²) >= 11 is 4.96. The molecule has 0 aromatic heterocycles. The molecule has 21 heavy (non-hydrogen) atoms. The summed E-state index contributed by atoms with van der Waals surface area (Å²) in [4.78, 5) is 16.5. The van der Waals surface area contributed by atoms with Crippen LogP contribution in [0.3, 0.4) is 0 Å². The van der Waals surface area contributed by atoms with E-state index in [0.717, 1.165) is 28.2 Å². The third-order valence-corrected chi connectivity index (χ3v) is 5.73. The molecule has 2 aliphatic heterocycles. The van der Waals surface area contributed by atoms with Crippen molar-refractivity contribution in [1.82, 2.24) is 4.90 Å². The molecule has 1 aromatic rings. The van der Waals surface area contributed by atoms with E-state index in [1.807, 2.05) is 32.2 Å². The molecule has 0 aliphatic carbocycles. The Bertz CT molecular complexity index is 635. The first-order valence-corrected chi connectivity index (χ1v) is 8.25. The quantitative estimate of drug-likeness (QED) is 0.866. The van der Waals surface area contributed by atoms with Crippen LogP contribution in [0.25, 0.3) is 0 Å². The molecule has 1 unspecified atom stereocenters. The molecule has 5 nitrogen and oxygen atoms in total. The van der Waals surface area contributed by atoms with E-state index in [1.54, 1.807) is 0 Å². The molecule has 3 rings (SSSR count). The maximum Gasteiger partial charge on any atom is 0.257 e. The molecular weight excluding hydrogens is 354 g/mol. The zero-order valence-electron chi connectivity index (χ0n) is 11.8. The number of anilines is 1. The van der Waals surface area contributed by atoms with Gasteiger partial charge in [-0.05, 0) is 25.1 Å². The molecule has 2 N–H and O–H groups in total. The number of benzene rings is 1. The number of thioether (sulfide) groups is 1. The number of allylic oxidation sites excluding steroid dienone is 1. The first kappa shape index (κ1) is 14.6. The van der Waals surface area contributed by atoms with Crippen LogP contribution < -0.4 is 15.4 Å². The Hall–Kier alpha value is -1.34. The summed E-state index contributed by atoms with van der Waals surface area (Å²) in [6, 6.07) is 6.00. The monoisotopic (exact) mass is 369 g/mol. The van der Waals surface area contributed by atoms with Crippen molar-refractivity contribution in [2.45, 2.75) is 12.4 Å². The van der Waals surface area contributed by atoms with Gasteiger partial charge in [0.1, 0.15) is 12.4 Å². The van der Waals surface area contributed by atoms with E-state index in [0.29, 0.717) is 11.5 Å². The molecule has 0 saturated carbocycles. The van der Waals surface area contributed by atoms with Gasteiger partial charge in [0.2, 0.25) is 0 Å². The number of fused-ring (bicyclic) bond motifs is 1. The zero-order valence-corrected chi connectivity index (χ0v) is 14.2. The minimum Gasteiger partial charge on any atom is -0.490 e. The number of rotatable bonds is 2. The Morgan fingerprint density at radius 1 is 1.52 bits per heavy atom. The molecule has 2 aliphatic rings. The molecule has 2 heterocycles. The van der Waals surface area contributed by atoms with Gasteiger partial charge in [-0.3, -0.25) is 4.79 Å². The normalized spacial score (nSPS) is 21.4. The molecule has 0 spiro atoms. The van der Waals surface area contributed by atoms with E-state index >= 15 is 0 Å². The van der Waals surface area contributed by atoms with Crippen LogP contribution in [-0.2, 0) is 4.79 Å². The highest BCUT2D eigenvalue weighted by Gasteiger charge is 2.36. The van der Waals surface area contributed by atoms with Crippen LogP contribution in [0.4, 0.5) is 5.69 Å². The highest BCUT2D eigenvalue weighted by molar-refractivity contribution is 9.10. The van der Waals surface area contributed by atoms with Crippen molar-refractivity contribution in [1.29, 1.82) is 0 Å². The van der Waals surface area contributed by atoms with Crippen molar-refractivity contribution in [2.24, 2.45) is 5.73 Å². The average molecular weight is 370 g/mol. The maximum atomic E-state index is 11.5. The van der Waals surface area contributed by atoms with Gasteiger partial charge in [0, 0.05) is 17.2 Å². The highest BCUT2D eigenvalue weighted by atomic mass is 79.9. The second-order valence-corrected chi connectivity index (χ2v) is 6.97. The summed E-state index contributed by atoms with van der Waals surface area (Å²) in [5.41, 5.74) is 7.44. The first-order chi connectivity index (χ1) is 9.99. The van der Waals surface area contributed by atoms with Crippen molar-refractivity contribution in [2.75, 3.05) is 25.1 Å². The molecule has 1 atom stereocenters. The lowest BCUT2D eigenvalue weighted by Gasteiger charge is -2.39. The van der Waals surface area contributed by atoms with Crippen LogP contribution in [-0.4, -0.2) is 36.5 Å². The minimum atomic E-state index is -0.365. The number of carbonyl (C=O) groups is 1. The summed E-state index contributed by atoms with van der Waals surface area (Å²) in [7, 11) is 1.98. The lowest BCUT2D eigenvalue weighted by Crippen LogP contribution is -2.45. The average Bonchev–Trinajstić information content (AvgIpc) is 2.74. The van der Waals surface area contributed by atoms with Gasteiger partial charge in [-0.2, -0.15) is 0 Å². The Kier molecular flexibility index (Phi) is 3.79. The van der Waals surface area contributed by atoms with E-state index in [1.165, 1.54) is 11.8 Å². The first-order valence-electron chi connectivity index (χ1n) is 6.58. The Labute approximate surface area is 136 Å². The van der Waals surface area contributed by atoms with Crippen molar-refractivity contribution in [3.8, 4) is 5.75 Å². The largest absolute Gasteiger partial charge is 0.490 e. The lowest BCUT2D eigenvalue weighted by atomic mass is 10.2. The molecule has 1 aromatic carbocycles. The molecule has 0 radical (unpaired) electrons. The van der Waals surface area contributed by atoms with Gasteiger partial charge >= 0.3 is 0 Å². The summed E-state index contributed by atoms with van der Waals surface area (Å²) in [5.74, 6) is 0.492. The Morgan fingerprint density at radius 2 is 2.29 bits per heavy atom. The van der Waals surface area contributed by atoms with Gasteiger partial charge in [0.15, 0.2) is 5.50 Å². The number of carbonyl (C=O) groups excluding carboxylic acids is 1. The third-order valence-electron chi connectivity index (χ3n) is 3.72. The predicted octanol–water partition coefficient (Wildman–Crippen LogP) is 2.33. The molecule has 7 heteroatoms. The number of hydrogen-bond acceptors (Lipinski definition) is 5. The van der Waals surface area contributed by atoms with Gasteiger partial charge in [-0.1, -0.05) is 27.7 Å². The third kappa shape index (κ3) is 2.48. The maximum absolute atomic E-state index is 11.5. The van der Waals surface area contributed by atoms with Gasteiger partial charge in [-0.25, -0.2) is 0 Å². The van der Waals surface area contributed by atoms with E-state index in [-0.39, 0.29) is 11.4 Å². The summed E-state index contributed by atoms with van der Waals surface area (Å²) in [5, 5.41) is 0. The van der Waals surface area contributed by atoms with Gasteiger partial charge < -0.3 is 20.3 Å². The molecule has 0 fully saturated rings. The second kappa shape index (κ2) is 5.46. The number of nitrogens with two attached hydrogens (primary N) is 1. The van der Waals surface area contributed by atoms with Crippen LogP contribution in [0.2, 0.25) is 0 Å². The summed E-state index contributed by atoms with van der Waals surface area (Å²) in [6.45, 7) is 3.32. The van der Waals surface area contributed by atoms with Crippen molar-refractivity contribution in [3.05, 3.63) is 33.3 Å². The lowest BCUT2D eigenvalue weighted by molar-refractivity contribution is -0.113. The summed E-state index contributed by atoms with van der Waals surface area (Å²) in [6.07, 6.45) is 0. The topological polar surface area (TPSA) is 58.8 Å². The number of primary amides is 1. The number of amides is 1. The van der Waals surface area contributed by atoms with Crippen LogP contribution in [0.5, 0.6) is 5.75 Å². The number of hydrogen-bond donors (Lipinski definition) is 1. The van der Waals surface area contributed by atoms with Crippen LogP contribution in [0.1, 0.15) is 6.92 Å². The Balaban J connectivity index is 1.93. The fraction of sp³-hybridized carbons (Fsp3) is 0.357. The standard InChI is InChI=1S/C14H16BrN3O2S/c1-8-12(13(16)19)21-14(17(8)2)18-5-6-20-11-7-9(15)3-4-10(11)18/h3-4,7,14H,5-6H2,1-2H3,(H2,16,19). The number of ether oxygens (including phenoxy) is 1. The van der Waals surface area contributed by atoms with E-state index < -0.39 is 0 Å². The molecule has 0 saturated heterocycles. The van der Waals surface area contributed by atoms with E-state index in [4.69, 9.17) is 10.5 Å². The van der Waals surface area contributed by atoms with Crippen molar-refractivity contribution >= 4 is 39.3 Å². The van der Waals surface area contributed by atoms with E-state index in [2.05, 4.69) is 25.7 Å². The van der Waals surface area contributed by atoms with Gasteiger partial charge in [0.25, 0.3) is 5.91 Å². The fourth-order valence-corrected chi connectivity index (χ4v) is 4.19. The zero-order chi connectivity index (χ0) is 15.1. The predicted molar refractivity (Wildman–Crippen MR) is 88.0 cm³/mol. The van der Waals surface area contributed by atoms with E-state index in [9.17, 15) is 4.79 Å². The second-order valence-electron chi connectivity index (χ2n) is 4.99. The minimum absolute atomic E-state index is 0.0244. The molecule has 1 amide bonds. The fourth-order valence-electron chi connectivity index (χ4n) is 2.55. The van der Waals surface area contributed by atoms with Gasteiger partial charge in [-0.15, -0.1) is 0 Å².